The second-order valence-corrected chi connectivity index (χ2v) is 5.41. The summed E-state index contributed by atoms with van der Waals surface area (Å²) in [6.45, 7) is 0. The monoisotopic (exact) mass is 344 g/mol. The van der Waals surface area contributed by atoms with Crippen LogP contribution in [0.2, 0.25) is 0 Å². The molecule has 3 rings (SSSR count). The molecule has 1 aromatic heterocycles. The van der Waals surface area contributed by atoms with Crippen molar-refractivity contribution < 1.29 is 9.53 Å². The number of rotatable bonds is 3. The van der Waals surface area contributed by atoms with E-state index < -0.39 is 0 Å². The van der Waals surface area contributed by atoms with E-state index in [4.69, 9.17) is 4.74 Å². The zero-order valence-electron chi connectivity index (χ0n) is 11.3. The number of ether oxygens (including phenoxy) is 1. The molecule has 2 aromatic carbocycles. The molecule has 1 heterocycles. The van der Waals surface area contributed by atoms with Crippen LogP contribution in [-0.2, 0) is 0 Å². The van der Waals surface area contributed by atoms with E-state index in [0.29, 0.717) is 11.3 Å². The van der Waals surface area contributed by atoms with Crippen molar-refractivity contribution in [3.8, 4) is 5.75 Å². The van der Waals surface area contributed by atoms with Crippen molar-refractivity contribution in [2.45, 2.75) is 0 Å². The van der Waals surface area contributed by atoms with Crippen LogP contribution in [0.15, 0.2) is 53.1 Å². The molecule has 21 heavy (non-hydrogen) atoms. The summed E-state index contributed by atoms with van der Waals surface area (Å²) in [6.07, 6.45) is 1.82. The highest BCUT2D eigenvalue weighted by atomic mass is 79.9. The molecule has 0 aliphatic heterocycles. The number of hydrogen-bond acceptors (Lipinski definition) is 2. The number of H-pyrrole nitrogens is 1. The predicted octanol–water partition coefficient (Wildman–Crippen LogP) is 4.19. The Morgan fingerprint density at radius 1 is 1.24 bits per heavy atom. The largest absolute Gasteiger partial charge is 0.496 e. The normalized spacial score (nSPS) is 10.6. The van der Waals surface area contributed by atoms with Crippen molar-refractivity contribution in [3.05, 3.63) is 58.7 Å². The van der Waals surface area contributed by atoms with Gasteiger partial charge in [-0.15, -0.1) is 0 Å². The topological polar surface area (TPSA) is 54.1 Å². The number of anilines is 1. The molecule has 0 saturated heterocycles. The van der Waals surface area contributed by atoms with E-state index in [0.717, 1.165) is 21.1 Å². The van der Waals surface area contributed by atoms with Gasteiger partial charge < -0.3 is 15.0 Å². The molecule has 0 saturated carbocycles. The lowest BCUT2D eigenvalue weighted by atomic mass is 10.1. The summed E-state index contributed by atoms with van der Waals surface area (Å²) < 4.78 is 5.96. The molecular weight excluding hydrogens is 332 g/mol. The lowest BCUT2D eigenvalue weighted by molar-refractivity contribution is 0.102. The molecule has 4 nitrogen and oxygen atoms in total. The highest BCUT2D eigenvalue weighted by Crippen LogP contribution is 2.28. The van der Waals surface area contributed by atoms with Crippen LogP contribution in [0.25, 0.3) is 10.9 Å². The van der Waals surface area contributed by atoms with Crippen LogP contribution < -0.4 is 10.1 Å². The molecule has 1 amide bonds. The van der Waals surface area contributed by atoms with Gasteiger partial charge >= 0.3 is 0 Å². The van der Waals surface area contributed by atoms with Crippen LogP contribution in [0.1, 0.15) is 10.4 Å². The first kappa shape index (κ1) is 13.7. The van der Waals surface area contributed by atoms with E-state index in [1.54, 1.807) is 25.3 Å². The van der Waals surface area contributed by atoms with E-state index >= 15 is 0 Å². The van der Waals surface area contributed by atoms with E-state index in [1.165, 1.54) is 0 Å². The maximum atomic E-state index is 12.4. The van der Waals surface area contributed by atoms with Crippen molar-refractivity contribution >= 4 is 38.4 Å². The summed E-state index contributed by atoms with van der Waals surface area (Å²) in [5.74, 6) is 0.569. The number of benzene rings is 2. The van der Waals surface area contributed by atoms with Crippen LogP contribution in [0.3, 0.4) is 0 Å². The van der Waals surface area contributed by atoms with Gasteiger partial charge in [-0.25, -0.2) is 0 Å². The van der Waals surface area contributed by atoms with Gasteiger partial charge in [-0.1, -0.05) is 12.1 Å². The van der Waals surface area contributed by atoms with Gasteiger partial charge in [-0.2, -0.15) is 0 Å². The van der Waals surface area contributed by atoms with Gasteiger partial charge in [0.25, 0.3) is 5.91 Å². The van der Waals surface area contributed by atoms with Gasteiger partial charge in [0.15, 0.2) is 0 Å². The molecule has 3 aromatic rings. The fourth-order valence-corrected chi connectivity index (χ4v) is 2.76. The third-order valence-electron chi connectivity index (χ3n) is 3.24. The lowest BCUT2D eigenvalue weighted by Crippen LogP contribution is -2.12. The maximum absolute atomic E-state index is 12.4. The standard InChI is InChI=1S/C16H13BrN2O2/c1-21-14-6-5-11(9-13(14)17)19-16(20)12-4-2-3-10-7-8-18-15(10)12/h2-9,18H,1H3,(H,19,20). The fraction of sp³-hybridized carbons (Fsp3) is 0.0625. The van der Waals surface area contributed by atoms with Crippen LogP contribution in [0.5, 0.6) is 5.75 Å². The third-order valence-corrected chi connectivity index (χ3v) is 3.86. The molecule has 0 bridgehead atoms. The van der Waals surface area contributed by atoms with E-state index in [2.05, 4.69) is 26.2 Å². The Kier molecular flexibility index (Phi) is 3.66. The summed E-state index contributed by atoms with van der Waals surface area (Å²) in [6, 6.07) is 13.0. The summed E-state index contributed by atoms with van der Waals surface area (Å²) >= 11 is 3.40. The Hall–Kier alpha value is -2.27. The van der Waals surface area contributed by atoms with Gasteiger partial charge in [0, 0.05) is 17.3 Å². The number of methoxy groups -OCH3 is 1. The molecule has 106 valence electrons. The second-order valence-electron chi connectivity index (χ2n) is 4.55. The van der Waals surface area contributed by atoms with Gasteiger partial charge in [-0.3, -0.25) is 4.79 Å². The van der Waals surface area contributed by atoms with Gasteiger partial charge in [0.2, 0.25) is 0 Å². The zero-order valence-corrected chi connectivity index (χ0v) is 12.9. The second kappa shape index (κ2) is 5.61. The van der Waals surface area contributed by atoms with E-state index in [1.807, 2.05) is 30.5 Å². The van der Waals surface area contributed by atoms with Crippen molar-refractivity contribution in [2.24, 2.45) is 0 Å². The summed E-state index contributed by atoms with van der Waals surface area (Å²) in [5, 5.41) is 3.90. The average molecular weight is 345 g/mol. The first-order valence-electron chi connectivity index (χ1n) is 6.40. The molecule has 0 fully saturated rings. The number of carbonyl (C=O) groups excluding carboxylic acids is 1. The minimum absolute atomic E-state index is 0.153. The average Bonchev–Trinajstić information content (AvgIpc) is 2.95. The molecule has 0 aliphatic carbocycles. The van der Waals surface area contributed by atoms with E-state index in [9.17, 15) is 4.79 Å². The molecule has 0 radical (unpaired) electrons. The zero-order chi connectivity index (χ0) is 14.8. The first-order valence-corrected chi connectivity index (χ1v) is 7.19. The SMILES string of the molecule is COc1ccc(NC(=O)c2cccc3cc[nH]c23)cc1Br. The predicted molar refractivity (Wildman–Crippen MR) is 86.9 cm³/mol. The number of nitrogens with one attached hydrogen (secondary N) is 2. The minimum Gasteiger partial charge on any atom is -0.496 e. The number of para-hydroxylation sites is 1. The molecule has 0 aliphatic rings. The highest BCUT2D eigenvalue weighted by molar-refractivity contribution is 9.10. The quantitative estimate of drug-likeness (QED) is 0.748. The Morgan fingerprint density at radius 2 is 2.10 bits per heavy atom. The number of aromatic amines is 1. The summed E-state index contributed by atoms with van der Waals surface area (Å²) in [5.41, 5.74) is 2.16. The number of halogens is 1. The number of amides is 1. The molecule has 0 unspecified atom stereocenters. The molecule has 0 atom stereocenters. The van der Waals surface area contributed by atoms with Gasteiger partial charge in [-0.05, 0) is 46.3 Å². The molecular formula is C16H13BrN2O2. The number of carbonyl (C=O) groups is 1. The summed E-state index contributed by atoms with van der Waals surface area (Å²) in [7, 11) is 1.60. The highest BCUT2D eigenvalue weighted by Gasteiger charge is 2.11. The number of fused-ring (bicyclic) bond motifs is 1. The number of hydrogen-bond donors (Lipinski definition) is 2. The van der Waals surface area contributed by atoms with Crippen LogP contribution >= 0.6 is 15.9 Å². The van der Waals surface area contributed by atoms with Gasteiger partial charge in [0.05, 0.1) is 22.7 Å². The van der Waals surface area contributed by atoms with Crippen LogP contribution in [-0.4, -0.2) is 18.0 Å². The van der Waals surface area contributed by atoms with E-state index in [-0.39, 0.29) is 5.91 Å². The van der Waals surface area contributed by atoms with Crippen LogP contribution in [0.4, 0.5) is 5.69 Å². The molecule has 5 heteroatoms. The Bertz CT molecular complexity index is 811. The smallest absolute Gasteiger partial charge is 0.257 e. The molecule has 0 spiro atoms. The fourth-order valence-electron chi connectivity index (χ4n) is 2.22. The lowest BCUT2D eigenvalue weighted by Gasteiger charge is -2.09. The molecule has 2 N–H and O–H groups in total. The van der Waals surface area contributed by atoms with Gasteiger partial charge in [0.1, 0.15) is 5.75 Å². The Labute approximate surface area is 130 Å². The van der Waals surface area contributed by atoms with Crippen LogP contribution in [0, 0.1) is 0 Å². The first-order chi connectivity index (χ1) is 10.2. The summed E-state index contributed by atoms with van der Waals surface area (Å²) in [4.78, 5) is 15.5. The maximum Gasteiger partial charge on any atom is 0.257 e. The van der Waals surface area contributed by atoms with Crippen molar-refractivity contribution in [2.75, 3.05) is 12.4 Å². The minimum atomic E-state index is -0.153. The Balaban J connectivity index is 1.89. The third kappa shape index (κ3) is 2.64. The van der Waals surface area contributed by atoms with Crippen molar-refractivity contribution in [3.63, 3.8) is 0 Å². The van der Waals surface area contributed by atoms with Crippen molar-refractivity contribution in [1.29, 1.82) is 0 Å². The number of aromatic nitrogens is 1. The Morgan fingerprint density at radius 3 is 2.86 bits per heavy atom. The van der Waals surface area contributed by atoms with Crippen molar-refractivity contribution in [1.82, 2.24) is 4.98 Å².